The van der Waals surface area contributed by atoms with Crippen molar-refractivity contribution in [2.24, 2.45) is 5.73 Å². The zero-order valence-electron chi connectivity index (χ0n) is 10.5. The number of fused-ring (bicyclic) bond motifs is 1. The number of carbonyl (C=O) groups excluding carboxylic acids is 1. The van der Waals surface area contributed by atoms with Gasteiger partial charge in [0, 0.05) is 16.0 Å². The van der Waals surface area contributed by atoms with Crippen LogP contribution in [0.15, 0.2) is 54.6 Å². The highest BCUT2D eigenvalue weighted by Crippen LogP contribution is 2.24. The zero-order chi connectivity index (χ0) is 14.1. The van der Waals surface area contributed by atoms with Gasteiger partial charge in [-0.05, 0) is 24.3 Å². The second-order valence-electron chi connectivity index (χ2n) is 4.44. The molecular formula is C16H11ClN2O. The van der Waals surface area contributed by atoms with Crippen LogP contribution >= 0.6 is 11.6 Å². The van der Waals surface area contributed by atoms with Crippen molar-refractivity contribution in [3.05, 3.63) is 65.2 Å². The molecule has 0 atom stereocenters. The van der Waals surface area contributed by atoms with Gasteiger partial charge in [-0.15, -0.1) is 0 Å². The third kappa shape index (κ3) is 2.24. The van der Waals surface area contributed by atoms with Crippen molar-refractivity contribution >= 4 is 28.4 Å². The van der Waals surface area contributed by atoms with Crippen molar-refractivity contribution in [2.75, 3.05) is 0 Å². The topological polar surface area (TPSA) is 56.0 Å². The number of amides is 1. The lowest BCUT2D eigenvalue weighted by Gasteiger charge is -2.06. The maximum Gasteiger partial charge on any atom is 0.250 e. The summed E-state index contributed by atoms with van der Waals surface area (Å²) in [4.78, 5) is 16.0. The van der Waals surface area contributed by atoms with Gasteiger partial charge >= 0.3 is 0 Å². The average molecular weight is 283 g/mol. The predicted molar refractivity (Wildman–Crippen MR) is 80.7 cm³/mol. The highest BCUT2D eigenvalue weighted by Gasteiger charge is 2.09. The normalized spacial score (nSPS) is 10.7. The van der Waals surface area contributed by atoms with E-state index in [0.717, 1.165) is 16.6 Å². The van der Waals surface area contributed by atoms with Gasteiger partial charge in [0.05, 0.1) is 16.8 Å². The Balaban J connectivity index is 2.21. The third-order valence-corrected chi connectivity index (χ3v) is 3.38. The van der Waals surface area contributed by atoms with Crippen LogP contribution in [0.1, 0.15) is 10.4 Å². The molecule has 2 aromatic carbocycles. The number of hydrogen-bond acceptors (Lipinski definition) is 2. The van der Waals surface area contributed by atoms with Gasteiger partial charge in [0.15, 0.2) is 0 Å². The quantitative estimate of drug-likeness (QED) is 0.780. The summed E-state index contributed by atoms with van der Waals surface area (Å²) in [5.74, 6) is -0.476. The number of hydrogen-bond donors (Lipinski definition) is 1. The van der Waals surface area contributed by atoms with Crippen molar-refractivity contribution < 1.29 is 4.79 Å². The molecule has 3 nitrogen and oxygen atoms in total. The van der Waals surface area contributed by atoms with Crippen molar-refractivity contribution in [2.45, 2.75) is 0 Å². The van der Waals surface area contributed by atoms with Crippen LogP contribution in [0, 0.1) is 0 Å². The van der Waals surface area contributed by atoms with Crippen molar-refractivity contribution in [3.63, 3.8) is 0 Å². The first-order valence-electron chi connectivity index (χ1n) is 6.11. The van der Waals surface area contributed by atoms with E-state index in [2.05, 4.69) is 4.98 Å². The van der Waals surface area contributed by atoms with Crippen LogP contribution in [0.5, 0.6) is 0 Å². The number of nitrogens with two attached hydrogens (primary N) is 1. The lowest BCUT2D eigenvalue weighted by atomic mass is 10.1. The first kappa shape index (κ1) is 12.6. The van der Waals surface area contributed by atoms with E-state index in [1.54, 1.807) is 12.1 Å². The smallest absolute Gasteiger partial charge is 0.250 e. The van der Waals surface area contributed by atoms with E-state index in [4.69, 9.17) is 17.3 Å². The van der Waals surface area contributed by atoms with E-state index in [-0.39, 0.29) is 0 Å². The van der Waals surface area contributed by atoms with Gasteiger partial charge in [0.2, 0.25) is 0 Å². The van der Waals surface area contributed by atoms with Gasteiger partial charge in [-0.25, -0.2) is 4.98 Å². The molecule has 0 aliphatic carbocycles. The van der Waals surface area contributed by atoms with Crippen LogP contribution < -0.4 is 5.73 Å². The minimum absolute atomic E-state index is 0.429. The molecule has 1 heterocycles. The first-order chi connectivity index (χ1) is 9.65. The van der Waals surface area contributed by atoms with E-state index >= 15 is 0 Å². The summed E-state index contributed by atoms with van der Waals surface area (Å²) in [6.45, 7) is 0. The Hall–Kier alpha value is -2.39. The van der Waals surface area contributed by atoms with E-state index in [1.165, 1.54) is 0 Å². The third-order valence-electron chi connectivity index (χ3n) is 3.13. The number of carbonyl (C=O) groups is 1. The number of rotatable bonds is 2. The highest BCUT2D eigenvalue weighted by atomic mass is 35.5. The van der Waals surface area contributed by atoms with E-state index in [0.29, 0.717) is 16.1 Å². The number of nitrogens with zero attached hydrogens (tertiary/aromatic N) is 1. The van der Waals surface area contributed by atoms with E-state index in [9.17, 15) is 4.79 Å². The average Bonchev–Trinajstić information content (AvgIpc) is 2.46. The number of halogens is 1. The molecular weight excluding hydrogens is 272 g/mol. The summed E-state index contributed by atoms with van der Waals surface area (Å²) >= 11 is 5.88. The second-order valence-corrected chi connectivity index (χ2v) is 4.88. The van der Waals surface area contributed by atoms with Crippen LogP contribution in [0.3, 0.4) is 0 Å². The standard InChI is InChI=1S/C16H11ClN2O/c17-12-7-4-10(5-8-12)14-9-6-11-2-1-3-13(16(18)20)15(11)19-14/h1-9H,(H2,18,20). The molecule has 1 aromatic heterocycles. The second kappa shape index (κ2) is 4.94. The maximum atomic E-state index is 11.5. The van der Waals surface area contributed by atoms with Crippen molar-refractivity contribution in [1.29, 1.82) is 0 Å². The fourth-order valence-electron chi connectivity index (χ4n) is 2.13. The molecule has 3 rings (SSSR count). The van der Waals surface area contributed by atoms with Gasteiger partial charge < -0.3 is 5.73 Å². The maximum absolute atomic E-state index is 11.5. The Morgan fingerprint density at radius 1 is 1.00 bits per heavy atom. The molecule has 20 heavy (non-hydrogen) atoms. The number of para-hydroxylation sites is 1. The van der Waals surface area contributed by atoms with E-state index in [1.807, 2.05) is 42.5 Å². The zero-order valence-corrected chi connectivity index (χ0v) is 11.3. The molecule has 0 aliphatic rings. The SMILES string of the molecule is NC(=O)c1cccc2ccc(-c3ccc(Cl)cc3)nc12. The van der Waals surface area contributed by atoms with Crippen LogP contribution in [-0.2, 0) is 0 Å². The molecule has 2 N–H and O–H groups in total. The minimum Gasteiger partial charge on any atom is -0.366 e. The lowest BCUT2D eigenvalue weighted by molar-refractivity contribution is 0.100. The molecule has 0 bridgehead atoms. The summed E-state index contributed by atoms with van der Waals surface area (Å²) in [7, 11) is 0. The lowest BCUT2D eigenvalue weighted by Crippen LogP contribution is -2.11. The van der Waals surface area contributed by atoms with Crippen LogP contribution in [-0.4, -0.2) is 10.9 Å². The van der Waals surface area contributed by atoms with Crippen LogP contribution in [0.4, 0.5) is 0 Å². The molecule has 0 spiro atoms. The fraction of sp³-hybridized carbons (Fsp3) is 0. The van der Waals surface area contributed by atoms with Gasteiger partial charge in [0.1, 0.15) is 0 Å². The van der Waals surface area contributed by atoms with Gasteiger partial charge in [-0.3, -0.25) is 4.79 Å². The van der Waals surface area contributed by atoms with Crippen molar-refractivity contribution in [3.8, 4) is 11.3 Å². The molecule has 98 valence electrons. The number of primary amides is 1. The summed E-state index contributed by atoms with van der Waals surface area (Å²) < 4.78 is 0. The van der Waals surface area contributed by atoms with Crippen LogP contribution in [0.2, 0.25) is 5.02 Å². The molecule has 0 aliphatic heterocycles. The molecule has 0 saturated carbocycles. The molecule has 0 fully saturated rings. The fourth-order valence-corrected chi connectivity index (χ4v) is 2.25. The predicted octanol–water partition coefficient (Wildman–Crippen LogP) is 3.65. The monoisotopic (exact) mass is 282 g/mol. The van der Waals surface area contributed by atoms with Gasteiger partial charge in [-0.2, -0.15) is 0 Å². The summed E-state index contributed by atoms with van der Waals surface area (Å²) in [5, 5.41) is 1.56. The molecule has 1 amide bonds. The minimum atomic E-state index is -0.476. The molecule has 4 heteroatoms. The molecule has 0 radical (unpaired) electrons. The Morgan fingerprint density at radius 2 is 1.75 bits per heavy atom. The number of benzene rings is 2. The van der Waals surface area contributed by atoms with Crippen LogP contribution in [0.25, 0.3) is 22.2 Å². The summed E-state index contributed by atoms with van der Waals surface area (Å²) in [6.07, 6.45) is 0. The Labute approximate surface area is 121 Å². The molecule has 3 aromatic rings. The molecule has 0 saturated heterocycles. The van der Waals surface area contributed by atoms with Gasteiger partial charge in [0.25, 0.3) is 5.91 Å². The molecule has 0 unspecified atom stereocenters. The highest BCUT2D eigenvalue weighted by molar-refractivity contribution is 6.30. The number of aromatic nitrogens is 1. The Kier molecular flexibility index (Phi) is 3.12. The van der Waals surface area contributed by atoms with Gasteiger partial charge in [-0.1, -0.05) is 41.9 Å². The Bertz CT molecular complexity index is 797. The Morgan fingerprint density at radius 3 is 2.45 bits per heavy atom. The first-order valence-corrected chi connectivity index (χ1v) is 6.48. The largest absolute Gasteiger partial charge is 0.366 e. The van der Waals surface area contributed by atoms with Crippen molar-refractivity contribution in [1.82, 2.24) is 4.98 Å². The summed E-state index contributed by atoms with van der Waals surface area (Å²) in [5.41, 5.74) is 8.16. The number of pyridine rings is 1. The van der Waals surface area contributed by atoms with E-state index < -0.39 is 5.91 Å². The summed E-state index contributed by atoms with van der Waals surface area (Å²) in [6, 6.07) is 16.6.